The molecule has 0 radical (unpaired) electrons. The Bertz CT molecular complexity index is 801. The highest BCUT2D eigenvalue weighted by atomic mass is 16.6. The van der Waals surface area contributed by atoms with Crippen molar-refractivity contribution in [1.82, 2.24) is 0 Å². The molecule has 1 aliphatic carbocycles. The van der Waals surface area contributed by atoms with E-state index in [9.17, 15) is 4.79 Å². The van der Waals surface area contributed by atoms with E-state index in [-0.39, 0.29) is 6.61 Å². The number of oxime groups is 1. The Labute approximate surface area is 159 Å². The van der Waals surface area contributed by atoms with Crippen molar-refractivity contribution in [3.63, 3.8) is 0 Å². The van der Waals surface area contributed by atoms with E-state index in [2.05, 4.69) is 11.2 Å². The molecule has 2 aromatic rings. The van der Waals surface area contributed by atoms with Gasteiger partial charge in [0.1, 0.15) is 12.4 Å². The maximum absolute atomic E-state index is 10.7. The van der Waals surface area contributed by atoms with Crippen molar-refractivity contribution in [2.45, 2.75) is 39.2 Å². The summed E-state index contributed by atoms with van der Waals surface area (Å²) in [5.41, 5.74) is 4.49. The quantitative estimate of drug-likeness (QED) is 0.560. The normalized spacial score (nSPS) is 16.5. The highest BCUT2D eigenvalue weighted by molar-refractivity contribution is 5.81. The zero-order chi connectivity index (χ0) is 19.1. The number of carboxylic acids is 1. The van der Waals surface area contributed by atoms with Crippen molar-refractivity contribution < 1.29 is 19.5 Å². The molecule has 27 heavy (non-hydrogen) atoms. The zero-order valence-electron chi connectivity index (χ0n) is 15.6. The number of hydrogen-bond acceptors (Lipinski definition) is 4. The number of benzene rings is 2. The molecule has 0 amide bonds. The van der Waals surface area contributed by atoms with Gasteiger partial charge in [-0.25, -0.2) is 4.79 Å². The molecule has 0 bridgehead atoms. The van der Waals surface area contributed by atoms with Crippen molar-refractivity contribution in [3.8, 4) is 5.75 Å². The summed E-state index contributed by atoms with van der Waals surface area (Å²) < 4.78 is 5.43. The standard InChI is InChI=1S/C22H25NO4/c1-16(23-27-14-17-6-3-2-4-7-17)12-18-10-11-20-19(13-18)8-5-9-21(20)26-15-22(24)25/h2-9,18H,10-15H2,1H3,(H,24,25)/b23-16+. The Morgan fingerprint density at radius 3 is 2.78 bits per heavy atom. The number of carbonyl (C=O) groups is 1. The third-order valence-electron chi connectivity index (χ3n) is 4.77. The van der Waals surface area contributed by atoms with Crippen LogP contribution in [0.1, 0.15) is 36.5 Å². The zero-order valence-corrected chi connectivity index (χ0v) is 15.6. The van der Waals surface area contributed by atoms with Crippen LogP contribution < -0.4 is 4.74 Å². The minimum absolute atomic E-state index is 0.301. The lowest BCUT2D eigenvalue weighted by molar-refractivity contribution is -0.139. The first-order valence-corrected chi connectivity index (χ1v) is 9.26. The summed E-state index contributed by atoms with van der Waals surface area (Å²) in [7, 11) is 0. The number of fused-ring (bicyclic) bond motifs is 1. The molecule has 0 saturated carbocycles. The summed E-state index contributed by atoms with van der Waals surface area (Å²) in [6.07, 6.45) is 3.78. The molecule has 2 aromatic carbocycles. The molecule has 1 unspecified atom stereocenters. The third kappa shape index (κ3) is 5.58. The van der Waals surface area contributed by atoms with E-state index in [0.29, 0.717) is 18.3 Å². The molecule has 1 aliphatic rings. The summed E-state index contributed by atoms with van der Waals surface area (Å²) in [5.74, 6) is 0.255. The number of carboxylic acid groups (broad SMARTS) is 1. The van der Waals surface area contributed by atoms with Crippen LogP contribution in [0.25, 0.3) is 0 Å². The number of ether oxygens (including phenoxy) is 1. The van der Waals surface area contributed by atoms with Gasteiger partial charge >= 0.3 is 5.97 Å². The minimum Gasteiger partial charge on any atom is -0.482 e. The lowest BCUT2D eigenvalue weighted by Crippen LogP contribution is -2.18. The molecule has 0 aliphatic heterocycles. The molecule has 3 rings (SSSR count). The molecule has 142 valence electrons. The Morgan fingerprint density at radius 1 is 1.19 bits per heavy atom. The molecule has 5 nitrogen and oxygen atoms in total. The first-order chi connectivity index (χ1) is 13.1. The van der Waals surface area contributed by atoms with Gasteiger partial charge in [-0.2, -0.15) is 0 Å². The Balaban J connectivity index is 1.54. The van der Waals surface area contributed by atoms with Crippen LogP contribution in [0.2, 0.25) is 0 Å². The van der Waals surface area contributed by atoms with Crippen molar-refractivity contribution >= 4 is 11.7 Å². The fourth-order valence-corrected chi connectivity index (χ4v) is 3.54. The SMILES string of the molecule is C/C(CC1CCc2c(cccc2OCC(=O)O)C1)=N\OCc1ccccc1. The topological polar surface area (TPSA) is 68.1 Å². The van der Waals surface area contributed by atoms with Gasteiger partial charge in [-0.1, -0.05) is 47.6 Å². The number of aliphatic carboxylic acids is 1. The highest BCUT2D eigenvalue weighted by Crippen LogP contribution is 2.33. The minimum atomic E-state index is -0.955. The van der Waals surface area contributed by atoms with Crippen LogP contribution >= 0.6 is 0 Å². The molecular formula is C22H25NO4. The molecule has 0 fully saturated rings. The second-order valence-corrected chi connectivity index (χ2v) is 6.97. The van der Waals surface area contributed by atoms with Gasteiger partial charge in [0.25, 0.3) is 0 Å². The Hall–Kier alpha value is -2.82. The number of rotatable bonds is 8. The molecule has 1 N–H and O–H groups in total. The highest BCUT2D eigenvalue weighted by Gasteiger charge is 2.22. The van der Waals surface area contributed by atoms with Crippen LogP contribution in [0.4, 0.5) is 0 Å². The molecule has 0 aromatic heterocycles. The van der Waals surface area contributed by atoms with Gasteiger partial charge in [0, 0.05) is 0 Å². The lowest BCUT2D eigenvalue weighted by Gasteiger charge is -2.26. The van der Waals surface area contributed by atoms with Gasteiger partial charge in [0.15, 0.2) is 6.61 Å². The summed E-state index contributed by atoms with van der Waals surface area (Å²) in [5, 5.41) is 13.1. The molecular weight excluding hydrogens is 342 g/mol. The van der Waals surface area contributed by atoms with Crippen LogP contribution in [-0.4, -0.2) is 23.4 Å². The van der Waals surface area contributed by atoms with Gasteiger partial charge in [-0.05, 0) is 61.3 Å². The average molecular weight is 367 g/mol. The van der Waals surface area contributed by atoms with Gasteiger partial charge in [0.2, 0.25) is 0 Å². The molecule has 0 heterocycles. The van der Waals surface area contributed by atoms with Crippen LogP contribution in [0.15, 0.2) is 53.7 Å². The van der Waals surface area contributed by atoms with E-state index in [0.717, 1.165) is 42.5 Å². The molecule has 5 heteroatoms. The predicted octanol–water partition coefficient (Wildman–Crippen LogP) is 4.24. The largest absolute Gasteiger partial charge is 0.482 e. The monoisotopic (exact) mass is 367 g/mol. The smallest absolute Gasteiger partial charge is 0.341 e. The van der Waals surface area contributed by atoms with Crippen molar-refractivity contribution in [3.05, 3.63) is 65.2 Å². The number of nitrogens with zero attached hydrogens (tertiary/aromatic N) is 1. The predicted molar refractivity (Wildman–Crippen MR) is 104 cm³/mol. The van der Waals surface area contributed by atoms with Gasteiger partial charge < -0.3 is 14.7 Å². The van der Waals surface area contributed by atoms with Gasteiger partial charge in [-0.15, -0.1) is 0 Å². The van der Waals surface area contributed by atoms with Crippen molar-refractivity contribution in [2.24, 2.45) is 11.1 Å². The number of hydrogen-bond donors (Lipinski definition) is 1. The summed E-state index contributed by atoms with van der Waals surface area (Å²) >= 11 is 0. The molecule has 0 saturated heterocycles. The summed E-state index contributed by atoms with van der Waals surface area (Å²) in [6.45, 7) is 2.19. The fourth-order valence-electron chi connectivity index (χ4n) is 3.54. The molecule has 1 atom stereocenters. The summed E-state index contributed by atoms with van der Waals surface area (Å²) in [4.78, 5) is 16.2. The van der Waals surface area contributed by atoms with Crippen LogP contribution in [0.3, 0.4) is 0 Å². The Kier molecular flexibility index (Phi) is 6.47. The second-order valence-electron chi connectivity index (χ2n) is 6.97. The summed E-state index contributed by atoms with van der Waals surface area (Å²) in [6, 6.07) is 15.9. The van der Waals surface area contributed by atoms with Crippen molar-refractivity contribution in [2.75, 3.05) is 6.61 Å². The van der Waals surface area contributed by atoms with E-state index < -0.39 is 5.97 Å². The van der Waals surface area contributed by atoms with E-state index in [1.165, 1.54) is 5.56 Å². The van der Waals surface area contributed by atoms with Gasteiger partial charge in [0.05, 0.1) is 5.71 Å². The lowest BCUT2D eigenvalue weighted by atomic mass is 9.81. The van der Waals surface area contributed by atoms with E-state index in [4.69, 9.17) is 14.7 Å². The van der Waals surface area contributed by atoms with E-state index in [1.807, 2.05) is 49.4 Å². The van der Waals surface area contributed by atoms with Gasteiger partial charge in [-0.3, -0.25) is 0 Å². The van der Waals surface area contributed by atoms with Crippen LogP contribution in [-0.2, 0) is 29.1 Å². The first kappa shape index (κ1) is 19.0. The second kappa shape index (κ2) is 9.21. The fraction of sp³-hybridized carbons (Fsp3) is 0.364. The van der Waals surface area contributed by atoms with Crippen molar-refractivity contribution in [1.29, 1.82) is 0 Å². The van der Waals surface area contributed by atoms with Crippen LogP contribution in [0, 0.1) is 5.92 Å². The van der Waals surface area contributed by atoms with Crippen LogP contribution in [0.5, 0.6) is 5.75 Å². The maximum Gasteiger partial charge on any atom is 0.341 e. The Morgan fingerprint density at radius 2 is 2.00 bits per heavy atom. The average Bonchev–Trinajstić information content (AvgIpc) is 2.67. The van der Waals surface area contributed by atoms with E-state index >= 15 is 0 Å². The molecule has 0 spiro atoms. The third-order valence-corrected chi connectivity index (χ3v) is 4.77. The van der Waals surface area contributed by atoms with E-state index in [1.54, 1.807) is 0 Å². The maximum atomic E-state index is 10.7. The first-order valence-electron chi connectivity index (χ1n) is 9.26.